The van der Waals surface area contributed by atoms with Crippen LogP contribution in [0, 0.1) is 5.41 Å². The number of aryl methyl sites for hydroxylation is 1. The van der Waals surface area contributed by atoms with Gasteiger partial charge in [-0.3, -0.25) is 0 Å². The highest BCUT2D eigenvalue weighted by Crippen LogP contribution is 2.36. The van der Waals surface area contributed by atoms with E-state index < -0.39 is 0 Å². The average Bonchev–Trinajstić information content (AvgIpc) is 3.33. The molecule has 224 valence electrons. The van der Waals surface area contributed by atoms with Gasteiger partial charge in [0, 0.05) is 48.8 Å². The van der Waals surface area contributed by atoms with Crippen LogP contribution in [-0.2, 0) is 7.05 Å². The summed E-state index contributed by atoms with van der Waals surface area (Å²) in [4.78, 5) is 13.5. The van der Waals surface area contributed by atoms with Gasteiger partial charge in [-0.05, 0) is 52.5 Å². The number of fused-ring (bicyclic) bond motifs is 6. The van der Waals surface area contributed by atoms with Gasteiger partial charge >= 0.3 is 0 Å². The first-order chi connectivity index (χ1) is 20.2. The maximum absolute atomic E-state index is 9.54. The first-order valence-electron chi connectivity index (χ1n) is 14.4. The van der Waals surface area contributed by atoms with Crippen molar-refractivity contribution < 1.29 is 14.6 Å². The molecule has 4 bridgehead atoms. The van der Waals surface area contributed by atoms with E-state index in [0.717, 1.165) is 36.0 Å². The third kappa shape index (κ3) is 8.61. The number of allylic oxidation sites excluding steroid dienone is 2. The number of rotatable bonds is 5. The Morgan fingerprint density at radius 3 is 2.69 bits per heavy atom. The van der Waals surface area contributed by atoms with Gasteiger partial charge in [-0.25, -0.2) is 19.6 Å². The lowest BCUT2D eigenvalue weighted by Crippen LogP contribution is -2.36. The van der Waals surface area contributed by atoms with Crippen molar-refractivity contribution in [1.29, 1.82) is 5.41 Å². The van der Waals surface area contributed by atoms with Crippen molar-refractivity contribution >= 4 is 39.6 Å². The number of hydrogen-bond acceptors (Lipinski definition) is 9. The van der Waals surface area contributed by atoms with Crippen LogP contribution in [0.3, 0.4) is 0 Å². The molecule has 5 rings (SSSR count). The first-order valence-corrected chi connectivity index (χ1v) is 15.1. The summed E-state index contributed by atoms with van der Waals surface area (Å²) < 4.78 is 14.0. The molecule has 1 fully saturated rings. The third-order valence-electron chi connectivity index (χ3n) is 7.26. The second-order valence-corrected chi connectivity index (χ2v) is 10.5. The number of anilines is 2. The number of unbranched alkanes of at least 4 members (excludes halogenated alkanes) is 1. The Morgan fingerprint density at radius 1 is 1.29 bits per heavy atom. The van der Waals surface area contributed by atoms with Gasteiger partial charge in [0.15, 0.2) is 5.82 Å². The van der Waals surface area contributed by atoms with Crippen LogP contribution in [0.1, 0.15) is 78.2 Å². The van der Waals surface area contributed by atoms with Crippen LogP contribution >= 0.6 is 9.12 Å². The molecular weight excluding hydrogens is 548 g/mol. The van der Waals surface area contributed by atoms with E-state index in [-0.39, 0.29) is 11.7 Å². The number of nitrogens with one attached hydrogen (secondary N) is 2. The minimum Gasteiger partial charge on any atom is -0.490 e. The molecule has 0 aromatic carbocycles. The quantitative estimate of drug-likeness (QED) is 0.186. The van der Waals surface area contributed by atoms with Crippen molar-refractivity contribution in [3.63, 3.8) is 0 Å². The second-order valence-electron chi connectivity index (χ2n) is 10.5. The van der Waals surface area contributed by atoms with E-state index in [9.17, 15) is 5.11 Å². The van der Waals surface area contributed by atoms with Crippen LogP contribution in [0.4, 0.5) is 11.6 Å². The molecule has 1 aliphatic carbocycles. The van der Waals surface area contributed by atoms with Gasteiger partial charge in [-0.1, -0.05) is 25.8 Å². The normalized spacial score (nSPS) is 17.1. The highest BCUT2D eigenvalue weighted by Gasteiger charge is 2.33. The molecule has 42 heavy (non-hydrogen) atoms. The zero-order valence-electron chi connectivity index (χ0n) is 25.4. The molecule has 2 aliphatic rings. The van der Waals surface area contributed by atoms with Gasteiger partial charge in [0.05, 0.1) is 32.1 Å². The lowest BCUT2D eigenvalue weighted by atomic mass is 9.77. The summed E-state index contributed by atoms with van der Waals surface area (Å²) in [6.45, 7) is 8.26. The fraction of sp³-hybridized carbons (Fsp3) is 0.500. The van der Waals surface area contributed by atoms with Crippen molar-refractivity contribution in [2.45, 2.75) is 84.3 Å². The Balaban J connectivity index is 0.000000373. The molecule has 4 heterocycles. The largest absolute Gasteiger partial charge is 0.490 e. The van der Waals surface area contributed by atoms with Crippen LogP contribution < -0.4 is 14.8 Å². The predicted molar refractivity (Wildman–Crippen MR) is 173 cm³/mol. The van der Waals surface area contributed by atoms with Crippen molar-refractivity contribution in [1.82, 2.24) is 24.7 Å². The highest BCUT2D eigenvalue weighted by atomic mass is 31.0. The van der Waals surface area contributed by atoms with E-state index in [1.807, 2.05) is 42.2 Å². The number of pyridine rings is 1. The molecule has 0 spiro atoms. The molecule has 1 saturated carbocycles. The molecule has 2 atom stereocenters. The van der Waals surface area contributed by atoms with Gasteiger partial charge in [0.1, 0.15) is 22.9 Å². The first kappa shape index (κ1) is 33.2. The summed E-state index contributed by atoms with van der Waals surface area (Å²) in [7, 11) is 8.16. The molecule has 3 N–H and O–H groups in total. The van der Waals surface area contributed by atoms with Crippen molar-refractivity contribution in [3.8, 4) is 23.0 Å². The molecule has 3 aromatic heterocycles. The number of aromatic nitrogens is 5. The van der Waals surface area contributed by atoms with E-state index >= 15 is 0 Å². The van der Waals surface area contributed by atoms with Gasteiger partial charge in [0.25, 0.3) is 0 Å². The Morgan fingerprint density at radius 2 is 2.05 bits per heavy atom. The molecule has 1 unspecified atom stereocenters. The maximum atomic E-state index is 9.54. The zero-order valence-corrected chi connectivity index (χ0v) is 26.5. The van der Waals surface area contributed by atoms with Crippen molar-refractivity contribution in [3.05, 3.63) is 42.4 Å². The minimum atomic E-state index is -0.226. The average molecular weight is 592 g/mol. The van der Waals surface area contributed by atoms with E-state index in [2.05, 4.69) is 39.9 Å². The predicted octanol–water partition coefficient (Wildman–Crippen LogP) is 6.05. The Labute approximate surface area is 252 Å². The molecule has 12 heteroatoms. The van der Waals surface area contributed by atoms with Crippen LogP contribution in [-0.4, -0.2) is 61.4 Å². The highest BCUT2D eigenvalue weighted by molar-refractivity contribution is 7.49. The Kier molecular flexibility index (Phi) is 12.5. The Bertz CT molecular complexity index is 1360. The Hall–Kier alpha value is -3.30. The fourth-order valence-corrected chi connectivity index (χ4v) is 4.76. The number of nitrogens with zero attached hydrogens (tertiary/aromatic N) is 5. The molecular formula is C30H43BN7O3P. The summed E-state index contributed by atoms with van der Waals surface area (Å²) in [5, 5.41) is 25.2. The van der Waals surface area contributed by atoms with E-state index in [0.29, 0.717) is 47.8 Å². The van der Waals surface area contributed by atoms with Gasteiger partial charge in [-0.15, -0.1) is 0 Å². The van der Waals surface area contributed by atoms with Crippen molar-refractivity contribution in [2.24, 2.45) is 7.05 Å². The molecule has 3 aromatic rings. The zero-order chi connectivity index (χ0) is 30.7. The van der Waals surface area contributed by atoms with Gasteiger partial charge in [0.2, 0.25) is 5.88 Å². The van der Waals surface area contributed by atoms with Crippen LogP contribution in [0.25, 0.3) is 17.0 Å². The lowest BCUT2D eigenvalue weighted by Gasteiger charge is -2.36. The molecule has 0 amide bonds. The summed E-state index contributed by atoms with van der Waals surface area (Å²) in [6.07, 6.45) is 14.3. The van der Waals surface area contributed by atoms with Gasteiger partial charge in [-0.2, -0.15) is 14.2 Å². The topological polar surface area (TPSA) is 131 Å². The molecule has 10 nitrogen and oxygen atoms in total. The monoisotopic (exact) mass is 591 g/mol. The van der Waals surface area contributed by atoms with E-state index in [1.54, 1.807) is 36.3 Å². The maximum Gasteiger partial charge on any atom is 0.222 e. The van der Waals surface area contributed by atoms with Crippen LogP contribution in [0.15, 0.2) is 36.8 Å². The van der Waals surface area contributed by atoms with Crippen LogP contribution in [0.5, 0.6) is 11.6 Å². The summed E-state index contributed by atoms with van der Waals surface area (Å²) >= 11 is 0. The standard InChI is InChI=1S/C22H25N7O2.C8H16O.BH2P/c1-5-15(14(3)23)16-11-25-20-10-18(16)31-13(2)7-9-30-22-17(12-26-29(22)4)21-24-8-6-19(27-20)28-21;1-2-3-5-8(9)6-4-7-8;1-2/h5-6,8,10-13,23H,7,9H2,1-4H3,(H,24,25,27,28);9H,2-7H2,1H3;2H2/b15-5+,23-14?;;/t13-;;/m0../s1. The van der Waals surface area contributed by atoms with Crippen molar-refractivity contribution in [2.75, 3.05) is 11.9 Å². The van der Waals surface area contributed by atoms with E-state index in [4.69, 9.17) is 14.9 Å². The fourth-order valence-electron chi connectivity index (χ4n) is 4.76. The summed E-state index contributed by atoms with van der Waals surface area (Å²) in [5.74, 6) is 2.95. The van der Waals surface area contributed by atoms with Gasteiger partial charge < -0.3 is 25.3 Å². The number of hydrogen-bond donors (Lipinski definition) is 3. The lowest BCUT2D eigenvalue weighted by molar-refractivity contribution is -0.0416. The molecule has 0 saturated heterocycles. The molecule has 1 aliphatic heterocycles. The van der Waals surface area contributed by atoms with E-state index in [1.165, 1.54) is 19.3 Å². The summed E-state index contributed by atoms with van der Waals surface area (Å²) in [5.41, 5.74) is 2.50. The smallest absolute Gasteiger partial charge is 0.222 e. The molecule has 2 radical (unpaired) electrons. The SMILES string of the molecule is C/C=C(\C(C)=N)c1cnc2cc1O[C@@H](C)CCOc1c(cnn1C)-c1nccc(n1)N2.CCCCC1(O)CCC1.[B]P. The number of ether oxygens (including phenoxy) is 2. The minimum absolute atomic E-state index is 0.119. The summed E-state index contributed by atoms with van der Waals surface area (Å²) in [6, 6.07) is 3.60. The van der Waals surface area contributed by atoms with Crippen LogP contribution in [0.2, 0.25) is 0 Å². The second kappa shape index (κ2) is 15.8. The number of aliphatic hydroxyl groups is 1. The third-order valence-corrected chi connectivity index (χ3v) is 7.26.